The lowest BCUT2D eigenvalue weighted by Crippen LogP contribution is -2.69. The minimum atomic E-state index is -2.24. The van der Waals surface area contributed by atoms with E-state index in [1.54, 1.807) is 104 Å². The van der Waals surface area contributed by atoms with E-state index in [9.17, 15) is 74.4 Å². The summed E-state index contributed by atoms with van der Waals surface area (Å²) in [7, 11) is 1.52. The van der Waals surface area contributed by atoms with Crippen molar-refractivity contribution in [2.24, 2.45) is 106 Å². The van der Waals surface area contributed by atoms with Crippen LogP contribution in [0.2, 0.25) is 0 Å². The lowest BCUT2D eigenvalue weighted by Gasteiger charge is -2.62. The molecule has 9 saturated carbocycles. The average Bonchev–Trinajstić information content (AvgIpc) is 1.43. The summed E-state index contributed by atoms with van der Waals surface area (Å²) < 4.78 is 89.9. The summed E-state index contributed by atoms with van der Waals surface area (Å²) in [6.45, 7) is 11.7. The number of alkyl halides is 3. The molecular weight excluding hydrogens is 1510 g/mol. The van der Waals surface area contributed by atoms with Crippen LogP contribution in [0.5, 0.6) is 0 Å². The molecule has 0 aromatic carbocycles. The van der Waals surface area contributed by atoms with Crippen molar-refractivity contribution in [3.8, 4) is 0 Å². The second-order valence-corrected chi connectivity index (χ2v) is 37.3. The number of aliphatic hydroxyl groups excluding tert-OH is 5. The van der Waals surface area contributed by atoms with Crippen molar-refractivity contribution in [1.29, 1.82) is 0 Å². The van der Waals surface area contributed by atoms with Gasteiger partial charge < -0.3 is 74.6 Å². The molecule has 2 amide bonds. The minimum absolute atomic E-state index is 0.103. The quantitative estimate of drug-likeness (QED) is 0.0276. The number of nitrogens with one attached hydrogen (secondary N) is 2. The van der Waals surface area contributed by atoms with Gasteiger partial charge in [0, 0.05) is 70.3 Å². The van der Waals surface area contributed by atoms with Crippen molar-refractivity contribution < 1.29 is 116 Å². The number of amides is 2. The first-order chi connectivity index (χ1) is 54.6. The summed E-state index contributed by atoms with van der Waals surface area (Å²) in [5, 5.41) is 98.8. The molecule has 9 fully saturated rings. The molecule has 116 heavy (non-hydrogen) atoms. The summed E-state index contributed by atoms with van der Waals surface area (Å²) in [5.74, 6) is -9.40. The highest BCUT2D eigenvalue weighted by Crippen LogP contribution is 2.75. The molecule has 12 rings (SSSR count). The van der Waals surface area contributed by atoms with Gasteiger partial charge in [-0.25, -0.2) is 18.6 Å². The number of Topliss-reactive ketones (excluding diaryl/α,β-unsaturated/α-hetero) is 5. The summed E-state index contributed by atoms with van der Waals surface area (Å²) in [4.78, 5) is 104. The molecule has 10 N–H and O–H groups in total. The van der Waals surface area contributed by atoms with Crippen LogP contribution < -0.4 is 10.7 Å². The SMILES string of the molecule is CCC(=O)[C@@]1(O)[C@H](C)C[C@H]2[C@@H]3CCC4=CC(=NCC(=O)COCC(COCC(=O)CN=C5C=C[C@@]6(C)C(=C5)CC[C@H]5[C@@H]7C[C@@H](C)[C@](O)(C(=O)CO)[C@@]7(C)C[C@H](O)[C@@]56F)(COCC(=O)NCCOCCOC)COCC(=O)N/N=C5\C=C[C@@]6(C)C(=C5)CC[C@H]5[C@@H]7C[C@@H](C)[C@](O)(C(=O)CO)[C@@]7(C)C[C@H](O)[C@@]56F)C=C[C@]4(C)[C@@]3(F)[C@@H](O)C[C@@]21C. The van der Waals surface area contributed by atoms with E-state index in [1.165, 1.54) is 13.2 Å². The number of fused-ring (bicyclic) bond motifs is 15. The molecule has 0 spiro atoms. The van der Waals surface area contributed by atoms with Crippen molar-refractivity contribution in [3.63, 3.8) is 0 Å². The van der Waals surface area contributed by atoms with Gasteiger partial charge in [-0.05, 0) is 170 Å². The third kappa shape index (κ3) is 14.0. The fourth-order valence-electron chi connectivity index (χ4n) is 25.1. The van der Waals surface area contributed by atoms with Crippen LogP contribution in [0, 0.1) is 91.2 Å². The Balaban J connectivity index is 0.742. The maximum absolute atomic E-state index is 18.3. The summed E-state index contributed by atoms with van der Waals surface area (Å²) in [6, 6.07) is 0. The molecule has 26 nitrogen and oxygen atoms in total. The van der Waals surface area contributed by atoms with Crippen molar-refractivity contribution in [3.05, 3.63) is 71.4 Å². The predicted octanol–water partition coefficient (Wildman–Crippen LogP) is 5.75. The van der Waals surface area contributed by atoms with Crippen LogP contribution in [-0.2, 0) is 62.0 Å². The first-order valence-electron chi connectivity index (χ1n) is 41.5. The minimum Gasteiger partial charge on any atom is -0.390 e. The van der Waals surface area contributed by atoms with Crippen LogP contribution in [0.3, 0.4) is 0 Å². The monoisotopic (exact) mass is 1630 g/mol. The number of methoxy groups -OCH3 is 1. The first-order valence-corrected chi connectivity index (χ1v) is 41.5. The summed E-state index contributed by atoms with van der Waals surface area (Å²) >= 11 is 0. The van der Waals surface area contributed by atoms with Gasteiger partial charge in [0.15, 0.2) is 45.9 Å². The Morgan fingerprint density at radius 3 is 1.22 bits per heavy atom. The number of carbonyl (C=O) groups excluding carboxylic acids is 7. The molecule has 0 saturated heterocycles. The highest BCUT2D eigenvalue weighted by molar-refractivity contribution is 6.08. The second-order valence-electron chi connectivity index (χ2n) is 37.3. The molecule has 0 aromatic heterocycles. The largest absolute Gasteiger partial charge is 0.390 e. The zero-order valence-electron chi connectivity index (χ0n) is 69.0. The van der Waals surface area contributed by atoms with Crippen molar-refractivity contribution in [2.45, 2.75) is 205 Å². The van der Waals surface area contributed by atoms with Gasteiger partial charge in [-0.3, -0.25) is 43.5 Å². The van der Waals surface area contributed by atoms with Gasteiger partial charge in [0.05, 0.1) is 87.1 Å². The van der Waals surface area contributed by atoms with Gasteiger partial charge in [-0.1, -0.05) is 83.4 Å². The van der Waals surface area contributed by atoms with Crippen molar-refractivity contribution in [1.82, 2.24) is 10.7 Å². The molecular formula is C87H122F3N5O21. The number of ketones is 5. The van der Waals surface area contributed by atoms with Crippen LogP contribution in [0.4, 0.5) is 13.2 Å². The van der Waals surface area contributed by atoms with Crippen LogP contribution in [0.1, 0.15) is 153 Å². The molecule has 1 unspecified atom stereocenters. The van der Waals surface area contributed by atoms with Gasteiger partial charge >= 0.3 is 0 Å². The van der Waals surface area contributed by atoms with Gasteiger partial charge in [0.1, 0.15) is 69.5 Å². The van der Waals surface area contributed by atoms with E-state index in [0.29, 0.717) is 79.7 Å². The number of ether oxygens (including phenoxy) is 6. The summed E-state index contributed by atoms with van der Waals surface area (Å²) in [5.41, 5.74) is -15.9. The highest BCUT2D eigenvalue weighted by atomic mass is 19.2. The lowest BCUT2D eigenvalue weighted by molar-refractivity contribution is -0.219. The van der Waals surface area contributed by atoms with E-state index in [2.05, 4.69) is 25.8 Å². The number of rotatable bonds is 33. The number of aliphatic imine (C=N–C) groups is 2. The first kappa shape index (κ1) is 89.2. The molecule has 0 aliphatic heterocycles. The van der Waals surface area contributed by atoms with Gasteiger partial charge in [0.2, 0.25) is 5.91 Å². The van der Waals surface area contributed by atoms with E-state index in [-0.39, 0.29) is 75.7 Å². The molecule has 29 heteroatoms. The molecule has 12 aliphatic carbocycles. The Morgan fingerprint density at radius 1 is 0.491 bits per heavy atom. The van der Waals surface area contributed by atoms with Gasteiger partial charge in [0.25, 0.3) is 5.91 Å². The molecule has 12 aliphatic rings. The molecule has 0 heterocycles. The maximum Gasteiger partial charge on any atom is 0.266 e. The van der Waals surface area contributed by atoms with E-state index in [4.69, 9.17) is 28.4 Å². The van der Waals surface area contributed by atoms with Gasteiger partial charge in [-0.15, -0.1) is 0 Å². The van der Waals surface area contributed by atoms with Gasteiger partial charge in [-0.2, -0.15) is 5.10 Å². The Bertz CT molecular complexity index is 3770. The number of aliphatic hydroxyl groups is 8. The van der Waals surface area contributed by atoms with Crippen LogP contribution >= 0.6 is 0 Å². The third-order valence-electron chi connectivity index (χ3n) is 31.4. The van der Waals surface area contributed by atoms with Crippen molar-refractivity contribution in [2.75, 3.05) is 113 Å². The number of nitrogens with zero attached hydrogens (tertiary/aromatic N) is 3. The van der Waals surface area contributed by atoms with E-state index in [0.717, 1.165) is 0 Å². The average molecular weight is 1630 g/mol. The zero-order valence-corrected chi connectivity index (χ0v) is 69.0. The van der Waals surface area contributed by atoms with E-state index in [1.807, 2.05) is 13.8 Å². The molecule has 0 bridgehead atoms. The maximum atomic E-state index is 18.3. The van der Waals surface area contributed by atoms with Crippen LogP contribution in [-0.4, -0.2) is 263 Å². The third-order valence-corrected chi connectivity index (χ3v) is 31.4. The number of carbonyl (C=O) groups is 7. The number of allylic oxidation sites excluding steroid dienone is 12. The smallest absolute Gasteiger partial charge is 0.266 e. The molecule has 25 atom stereocenters. The van der Waals surface area contributed by atoms with Crippen molar-refractivity contribution >= 4 is 57.9 Å². The lowest BCUT2D eigenvalue weighted by atomic mass is 9.44. The summed E-state index contributed by atoms with van der Waals surface area (Å²) in [6.07, 6.45) is 12.7. The Kier molecular flexibility index (Phi) is 25.4. The Morgan fingerprint density at radius 2 is 0.845 bits per heavy atom. The fourth-order valence-corrected chi connectivity index (χ4v) is 25.1. The molecule has 642 valence electrons. The Labute approximate surface area is 676 Å². The topological polar surface area (TPSA) is 398 Å². The van der Waals surface area contributed by atoms with E-state index < -0.39 is 251 Å². The number of hydrogen-bond acceptors (Lipinski definition) is 24. The molecule has 0 aromatic rings. The number of hydrazone groups is 1. The van der Waals surface area contributed by atoms with Crippen LogP contribution in [0.25, 0.3) is 0 Å². The second kappa shape index (κ2) is 33.1. The number of hydrogen-bond donors (Lipinski definition) is 10. The van der Waals surface area contributed by atoms with Crippen LogP contribution in [0.15, 0.2) is 86.5 Å². The highest BCUT2D eigenvalue weighted by Gasteiger charge is 2.79. The van der Waals surface area contributed by atoms with E-state index >= 15 is 13.2 Å². The zero-order chi connectivity index (χ0) is 84.6. The Hall–Kier alpha value is -6.03. The predicted molar refractivity (Wildman–Crippen MR) is 420 cm³/mol. The molecule has 0 radical (unpaired) electrons. The fraction of sp³-hybridized carbons (Fsp3) is 0.747. The number of halogens is 3. The standard InChI is InChI=1S/C87H122F3N5O21/c1-12-67(100)85(108)50(2)29-64-61-16-13-53-32-56(19-22-75(53,5)82(61,88)68(101)35-78(64,85)8)92-38-59(98)42-113-46-81(48-115-44-73(106)91-25-26-112-28-27-111-11,47-114-43-60(99)39-93-57-20-23-76(6)54(33-57)14-17-62-65-30-51(3)86(109,71(104)40-96)79(65,9)36-69(102)83(62,76)89)49-116-45-74(107)95-94-58-21-24-77(7)55(34-58)15-18-63-66-31-52(4)87(110,72(105)41-97)80(66,10)37-70(103)84(63,77)90/h19-24,32-34,50-52,61-66,68-70,96-97,101-103,108-110H,12-18,25-31,35-49H2,1-11H3,(H,91,106)(H,95,107)/b92-56?,93-57?,94-58+/t50-,51-,52-,61+,62+,63+,64+,65+,66+,68+,69+,70+,75+,76+,77+,78+,79+,80+,81?,82+,83+,84+,85+,86+,87+/m1/s1. The normalized spacial score (nSPS) is 43.1.